The molecule has 0 nitrogen and oxygen atoms in total. The SMILES string of the molecule is C1=CCC/C=C\CC1.C1=CCC/C=C\CC1.[Ir]. The molecule has 0 fully saturated rings. The smallest absolute Gasteiger partial charge is 0 e. The summed E-state index contributed by atoms with van der Waals surface area (Å²) >= 11 is 0. The molecule has 0 aromatic heterocycles. The van der Waals surface area contributed by atoms with Gasteiger partial charge < -0.3 is 0 Å². The summed E-state index contributed by atoms with van der Waals surface area (Å²) in [5, 5.41) is 0. The first-order chi connectivity index (χ1) is 8.00. The zero-order chi connectivity index (χ0) is 11.3. The Balaban J connectivity index is 0.000000284. The normalized spacial score (nSPS) is 22.6. The van der Waals surface area contributed by atoms with E-state index >= 15 is 0 Å². The van der Waals surface area contributed by atoms with E-state index in [0.717, 1.165) is 0 Å². The van der Waals surface area contributed by atoms with Gasteiger partial charge in [-0.25, -0.2) is 0 Å². The molecule has 97 valence electrons. The molecule has 0 bridgehead atoms. The van der Waals surface area contributed by atoms with Crippen LogP contribution in [0.3, 0.4) is 0 Å². The second-order valence-corrected chi connectivity index (χ2v) is 4.20. The summed E-state index contributed by atoms with van der Waals surface area (Å²) in [6.07, 6.45) is 28.0. The van der Waals surface area contributed by atoms with E-state index in [-0.39, 0.29) is 20.1 Å². The molecule has 0 heterocycles. The van der Waals surface area contributed by atoms with Crippen molar-refractivity contribution >= 4 is 0 Å². The van der Waals surface area contributed by atoms with Crippen LogP contribution >= 0.6 is 0 Å². The summed E-state index contributed by atoms with van der Waals surface area (Å²) in [6, 6.07) is 0. The Morgan fingerprint density at radius 1 is 0.294 bits per heavy atom. The third-order valence-corrected chi connectivity index (χ3v) is 2.67. The largest absolute Gasteiger partial charge is 0.0882 e. The summed E-state index contributed by atoms with van der Waals surface area (Å²) in [5.41, 5.74) is 0. The Labute approximate surface area is 120 Å². The standard InChI is InChI=1S/2C8H12.Ir/c2*1-2-4-6-8-7-5-3-1;/h2*1-2,7-8H,3-6H2;/b2*2-1-,8-7?;. The number of hydrogen-bond acceptors (Lipinski definition) is 0. The minimum atomic E-state index is 0. The van der Waals surface area contributed by atoms with Gasteiger partial charge in [-0.1, -0.05) is 48.6 Å². The van der Waals surface area contributed by atoms with Crippen molar-refractivity contribution in [1.82, 2.24) is 0 Å². The van der Waals surface area contributed by atoms with Crippen LogP contribution in [0.1, 0.15) is 51.4 Å². The predicted octanol–water partition coefficient (Wildman–Crippen LogP) is 5.34. The Morgan fingerprint density at radius 3 is 0.529 bits per heavy atom. The van der Waals surface area contributed by atoms with Gasteiger partial charge in [0.15, 0.2) is 0 Å². The molecule has 0 aliphatic heterocycles. The molecule has 0 aromatic rings. The van der Waals surface area contributed by atoms with E-state index in [1.165, 1.54) is 51.4 Å². The average Bonchev–Trinajstić information content (AvgIpc) is 2.15. The van der Waals surface area contributed by atoms with E-state index in [2.05, 4.69) is 48.6 Å². The first-order valence-electron chi connectivity index (χ1n) is 6.60. The fourth-order valence-corrected chi connectivity index (χ4v) is 1.71. The van der Waals surface area contributed by atoms with Crippen LogP contribution in [0.5, 0.6) is 0 Å². The summed E-state index contributed by atoms with van der Waals surface area (Å²) in [7, 11) is 0. The molecule has 2 aliphatic carbocycles. The van der Waals surface area contributed by atoms with Crippen LogP contribution in [-0.2, 0) is 20.1 Å². The molecular formula is C16H24Ir. The second kappa shape index (κ2) is 13.7. The third-order valence-electron chi connectivity index (χ3n) is 2.67. The van der Waals surface area contributed by atoms with Crippen molar-refractivity contribution in [1.29, 1.82) is 0 Å². The van der Waals surface area contributed by atoms with Crippen LogP contribution in [0.15, 0.2) is 48.6 Å². The molecule has 2 rings (SSSR count). The van der Waals surface area contributed by atoms with Crippen molar-refractivity contribution in [3.8, 4) is 0 Å². The fourth-order valence-electron chi connectivity index (χ4n) is 1.71. The van der Waals surface area contributed by atoms with E-state index in [1.54, 1.807) is 0 Å². The minimum Gasteiger partial charge on any atom is -0.0882 e. The second-order valence-electron chi connectivity index (χ2n) is 4.20. The monoisotopic (exact) mass is 409 g/mol. The third kappa shape index (κ3) is 11.9. The van der Waals surface area contributed by atoms with Crippen LogP contribution < -0.4 is 0 Å². The molecule has 2 aliphatic rings. The van der Waals surface area contributed by atoms with Gasteiger partial charge in [0.2, 0.25) is 0 Å². The summed E-state index contributed by atoms with van der Waals surface area (Å²) < 4.78 is 0. The van der Waals surface area contributed by atoms with Gasteiger partial charge in [0, 0.05) is 20.1 Å². The van der Waals surface area contributed by atoms with Crippen LogP contribution in [0.25, 0.3) is 0 Å². The molecule has 17 heavy (non-hydrogen) atoms. The maximum absolute atomic E-state index is 2.27. The minimum absolute atomic E-state index is 0. The van der Waals surface area contributed by atoms with Gasteiger partial charge in [-0.3, -0.25) is 0 Å². The van der Waals surface area contributed by atoms with Gasteiger partial charge in [0.05, 0.1) is 0 Å². The number of hydrogen-bond donors (Lipinski definition) is 0. The molecule has 0 spiro atoms. The Kier molecular flexibility index (Phi) is 13.4. The van der Waals surface area contributed by atoms with Gasteiger partial charge in [0.25, 0.3) is 0 Å². The van der Waals surface area contributed by atoms with E-state index in [9.17, 15) is 0 Å². The van der Waals surface area contributed by atoms with Crippen molar-refractivity contribution in [3.63, 3.8) is 0 Å². The molecule has 0 N–H and O–H groups in total. The topological polar surface area (TPSA) is 0 Å². The summed E-state index contributed by atoms with van der Waals surface area (Å²) in [4.78, 5) is 0. The van der Waals surface area contributed by atoms with Gasteiger partial charge in [-0.2, -0.15) is 0 Å². The molecule has 1 heteroatoms. The van der Waals surface area contributed by atoms with Crippen molar-refractivity contribution in [2.24, 2.45) is 0 Å². The summed E-state index contributed by atoms with van der Waals surface area (Å²) in [5.74, 6) is 0. The molecule has 1 radical (unpaired) electrons. The Bertz CT molecular complexity index is 179. The molecule has 0 amide bonds. The van der Waals surface area contributed by atoms with Crippen LogP contribution in [0.2, 0.25) is 0 Å². The van der Waals surface area contributed by atoms with Gasteiger partial charge in [0.1, 0.15) is 0 Å². The van der Waals surface area contributed by atoms with Crippen molar-refractivity contribution in [2.75, 3.05) is 0 Å². The van der Waals surface area contributed by atoms with Gasteiger partial charge >= 0.3 is 0 Å². The molecule has 0 unspecified atom stereocenters. The maximum atomic E-state index is 2.27. The molecular weight excluding hydrogens is 384 g/mol. The van der Waals surface area contributed by atoms with Crippen molar-refractivity contribution < 1.29 is 20.1 Å². The molecule has 0 aromatic carbocycles. The van der Waals surface area contributed by atoms with Crippen molar-refractivity contribution in [3.05, 3.63) is 48.6 Å². The molecule has 0 saturated carbocycles. The Morgan fingerprint density at radius 2 is 0.412 bits per heavy atom. The van der Waals surface area contributed by atoms with Gasteiger partial charge in [-0.15, -0.1) is 0 Å². The van der Waals surface area contributed by atoms with Crippen molar-refractivity contribution in [2.45, 2.75) is 51.4 Å². The van der Waals surface area contributed by atoms with Crippen LogP contribution in [-0.4, -0.2) is 0 Å². The van der Waals surface area contributed by atoms with Gasteiger partial charge in [-0.05, 0) is 51.4 Å². The van der Waals surface area contributed by atoms with E-state index in [4.69, 9.17) is 0 Å². The molecule has 0 atom stereocenters. The summed E-state index contributed by atoms with van der Waals surface area (Å²) in [6.45, 7) is 0. The van der Waals surface area contributed by atoms with E-state index in [1.807, 2.05) is 0 Å². The van der Waals surface area contributed by atoms with E-state index < -0.39 is 0 Å². The van der Waals surface area contributed by atoms with Crippen LogP contribution in [0, 0.1) is 0 Å². The molecule has 0 saturated heterocycles. The fraction of sp³-hybridized carbons (Fsp3) is 0.500. The number of rotatable bonds is 0. The first-order valence-corrected chi connectivity index (χ1v) is 6.60. The quantitative estimate of drug-likeness (QED) is 0.475. The van der Waals surface area contributed by atoms with Crippen LogP contribution in [0.4, 0.5) is 0 Å². The first kappa shape index (κ1) is 16.6. The zero-order valence-corrected chi connectivity index (χ0v) is 13.0. The predicted molar refractivity (Wildman–Crippen MR) is 73.5 cm³/mol. The zero-order valence-electron chi connectivity index (χ0n) is 10.6. The van der Waals surface area contributed by atoms with E-state index in [0.29, 0.717) is 0 Å². The number of allylic oxidation sites excluding steroid dienone is 8. The Hall–Kier alpha value is -0.391. The average molecular weight is 409 g/mol. The maximum Gasteiger partial charge on any atom is 0 e.